The molecule has 3 aromatic heterocycles. The van der Waals surface area contributed by atoms with Crippen LogP contribution in [0.5, 0.6) is 11.9 Å². The summed E-state index contributed by atoms with van der Waals surface area (Å²) in [5, 5.41) is 16.0. The molecule has 2 saturated heterocycles. The Kier molecular flexibility index (Phi) is 8.64. The summed E-state index contributed by atoms with van der Waals surface area (Å²) in [5.74, 6) is -1.02. The standard InChI is InChI=1S/C30H30F5N7O2S/c1-14-22(6-8-39-14)44-28-24-21(40-29(42-28)43-13-15-3-2-7-38-12-16(31)9-15)10-18(26(41-24)30(33,34)35)17-4-5-20(32)25-23(17)19(11-36)27(37)45-25/h4-5,10,14-16,22,38-39H,2-3,6-9,12-13,37H2,1H3/t14-,15-,16-,22-/m1/s1. The van der Waals surface area contributed by atoms with E-state index in [1.54, 1.807) is 0 Å². The number of nitrogens with zero attached hydrogens (tertiary/aromatic N) is 4. The summed E-state index contributed by atoms with van der Waals surface area (Å²) in [5.41, 5.74) is 3.79. The molecule has 0 aliphatic carbocycles. The van der Waals surface area contributed by atoms with Crippen LogP contribution in [-0.2, 0) is 6.18 Å². The Balaban J connectivity index is 1.50. The largest absolute Gasteiger partial charge is 0.471 e. The smallest absolute Gasteiger partial charge is 0.433 e. The molecular formula is C30H30F5N7O2S. The summed E-state index contributed by atoms with van der Waals surface area (Å²) in [7, 11) is 0. The van der Waals surface area contributed by atoms with Crippen LogP contribution in [0.4, 0.5) is 27.0 Å². The van der Waals surface area contributed by atoms with Gasteiger partial charge in [-0.2, -0.15) is 28.4 Å². The molecule has 4 N–H and O–H groups in total. The SMILES string of the molecule is C[C@H]1NCC[C@H]1Oc1nc(OC[C@@H]2CCCNC[C@H](F)C2)nc2cc(-c3ccc(F)c4sc(N)c(C#N)c34)c(C(F)(F)F)nc12. The Hall–Kier alpha value is -3.87. The van der Waals surface area contributed by atoms with E-state index < -0.39 is 35.5 Å². The number of benzene rings is 1. The topological polar surface area (TPSA) is 131 Å². The number of nitrogen functional groups attached to an aromatic ring is 1. The van der Waals surface area contributed by atoms with E-state index >= 15 is 0 Å². The Morgan fingerprint density at radius 2 is 1.98 bits per heavy atom. The van der Waals surface area contributed by atoms with E-state index in [1.807, 2.05) is 13.0 Å². The molecule has 0 amide bonds. The van der Waals surface area contributed by atoms with Gasteiger partial charge in [0.25, 0.3) is 0 Å². The summed E-state index contributed by atoms with van der Waals surface area (Å²) in [4.78, 5) is 12.7. The third kappa shape index (κ3) is 6.31. The van der Waals surface area contributed by atoms with Crippen molar-refractivity contribution >= 4 is 37.5 Å². The number of nitrogens with two attached hydrogens (primary N) is 1. The van der Waals surface area contributed by atoms with Crippen LogP contribution in [0.15, 0.2) is 18.2 Å². The van der Waals surface area contributed by atoms with Gasteiger partial charge in [-0.05, 0) is 69.3 Å². The molecule has 15 heteroatoms. The second kappa shape index (κ2) is 12.5. The summed E-state index contributed by atoms with van der Waals surface area (Å²) < 4.78 is 85.1. The maximum Gasteiger partial charge on any atom is 0.433 e. The lowest BCUT2D eigenvalue weighted by Gasteiger charge is -2.23. The van der Waals surface area contributed by atoms with E-state index in [4.69, 9.17) is 15.2 Å². The van der Waals surface area contributed by atoms with Crippen molar-refractivity contribution < 1.29 is 31.4 Å². The highest BCUT2D eigenvalue weighted by atomic mass is 32.1. The third-order valence-corrected chi connectivity index (χ3v) is 9.22. The van der Waals surface area contributed by atoms with Crippen molar-refractivity contribution in [2.75, 3.05) is 32.0 Å². The van der Waals surface area contributed by atoms with Crippen molar-refractivity contribution in [2.45, 2.75) is 57.1 Å². The second-order valence-corrected chi connectivity index (χ2v) is 12.4. The van der Waals surface area contributed by atoms with Crippen LogP contribution in [0.1, 0.15) is 43.9 Å². The molecular weight excluding hydrogens is 617 g/mol. The number of aromatic nitrogens is 3. The van der Waals surface area contributed by atoms with Gasteiger partial charge >= 0.3 is 12.2 Å². The molecule has 4 atom stereocenters. The van der Waals surface area contributed by atoms with E-state index in [1.165, 1.54) is 12.1 Å². The zero-order valence-corrected chi connectivity index (χ0v) is 25.0. The van der Waals surface area contributed by atoms with E-state index in [9.17, 15) is 27.2 Å². The first-order valence-corrected chi connectivity index (χ1v) is 15.4. The van der Waals surface area contributed by atoms with Crippen LogP contribution >= 0.6 is 11.3 Å². The number of anilines is 1. The number of hydrogen-bond donors (Lipinski definition) is 3. The van der Waals surface area contributed by atoms with Crippen molar-refractivity contribution in [3.8, 4) is 29.1 Å². The minimum absolute atomic E-state index is 0.0129. The molecule has 1 aromatic carbocycles. The Labute approximate surface area is 259 Å². The Morgan fingerprint density at radius 3 is 2.71 bits per heavy atom. The van der Waals surface area contributed by atoms with Crippen molar-refractivity contribution in [3.63, 3.8) is 0 Å². The van der Waals surface area contributed by atoms with Crippen molar-refractivity contribution in [3.05, 3.63) is 35.3 Å². The van der Waals surface area contributed by atoms with Gasteiger partial charge in [-0.1, -0.05) is 6.07 Å². The van der Waals surface area contributed by atoms with Gasteiger partial charge in [-0.3, -0.25) is 0 Å². The second-order valence-electron chi connectivity index (χ2n) is 11.4. The predicted octanol–water partition coefficient (Wildman–Crippen LogP) is 5.75. The fourth-order valence-corrected chi connectivity index (χ4v) is 6.88. The van der Waals surface area contributed by atoms with Gasteiger partial charge in [0.15, 0.2) is 11.2 Å². The van der Waals surface area contributed by atoms with Crippen LogP contribution in [0.25, 0.3) is 32.2 Å². The number of nitrogens with one attached hydrogen (secondary N) is 2. The van der Waals surface area contributed by atoms with Gasteiger partial charge < -0.3 is 25.8 Å². The minimum Gasteiger partial charge on any atom is -0.471 e. The third-order valence-electron chi connectivity index (χ3n) is 8.19. The van der Waals surface area contributed by atoms with Crippen LogP contribution < -0.4 is 25.8 Å². The molecule has 0 radical (unpaired) electrons. The lowest BCUT2D eigenvalue weighted by molar-refractivity contribution is -0.140. The first kappa shape index (κ1) is 31.1. The molecule has 0 bridgehead atoms. The molecule has 238 valence electrons. The highest BCUT2D eigenvalue weighted by Crippen LogP contribution is 2.45. The zero-order valence-electron chi connectivity index (χ0n) is 24.2. The molecule has 2 fully saturated rings. The average molecular weight is 648 g/mol. The maximum atomic E-state index is 14.8. The Morgan fingerprint density at radius 1 is 1.16 bits per heavy atom. The molecule has 0 unspecified atom stereocenters. The number of halogens is 5. The molecule has 6 rings (SSSR count). The van der Waals surface area contributed by atoms with E-state index in [-0.39, 0.29) is 80.7 Å². The molecule has 45 heavy (non-hydrogen) atoms. The number of hydrogen-bond acceptors (Lipinski definition) is 10. The van der Waals surface area contributed by atoms with Gasteiger partial charge in [-0.15, -0.1) is 11.3 Å². The van der Waals surface area contributed by atoms with Gasteiger partial charge in [0, 0.05) is 23.5 Å². The van der Waals surface area contributed by atoms with Crippen molar-refractivity contribution in [1.82, 2.24) is 25.6 Å². The summed E-state index contributed by atoms with van der Waals surface area (Å²) >= 11 is 0.778. The fourth-order valence-electron chi connectivity index (χ4n) is 5.93. The van der Waals surface area contributed by atoms with E-state index in [0.29, 0.717) is 25.9 Å². The van der Waals surface area contributed by atoms with Crippen LogP contribution in [0.2, 0.25) is 0 Å². The average Bonchev–Trinajstić information content (AvgIpc) is 3.55. The van der Waals surface area contributed by atoms with Crippen LogP contribution in [-0.4, -0.2) is 59.5 Å². The monoisotopic (exact) mass is 647 g/mol. The molecule has 9 nitrogen and oxygen atoms in total. The van der Waals surface area contributed by atoms with E-state index in [0.717, 1.165) is 23.8 Å². The van der Waals surface area contributed by atoms with Crippen LogP contribution in [0, 0.1) is 23.1 Å². The number of pyridine rings is 1. The highest BCUT2D eigenvalue weighted by Gasteiger charge is 2.38. The predicted molar refractivity (Wildman–Crippen MR) is 159 cm³/mol. The van der Waals surface area contributed by atoms with Crippen molar-refractivity contribution in [2.24, 2.45) is 5.92 Å². The number of ether oxygens (including phenoxy) is 2. The normalized spacial score (nSPS) is 22.7. The van der Waals surface area contributed by atoms with Crippen molar-refractivity contribution in [1.29, 1.82) is 5.26 Å². The number of rotatable bonds is 6. The molecule has 2 aliphatic rings. The zero-order chi connectivity index (χ0) is 31.9. The van der Waals surface area contributed by atoms with Crippen LogP contribution in [0.3, 0.4) is 0 Å². The summed E-state index contributed by atoms with van der Waals surface area (Å²) in [6.45, 7) is 3.58. The lowest BCUT2D eigenvalue weighted by Crippen LogP contribution is -2.32. The molecule has 4 aromatic rings. The van der Waals surface area contributed by atoms with Gasteiger partial charge in [0.05, 0.1) is 16.9 Å². The van der Waals surface area contributed by atoms with E-state index in [2.05, 4.69) is 25.6 Å². The number of fused-ring (bicyclic) bond motifs is 2. The molecule has 0 spiro atoms. The number of thiophene rings is 1. The fraction of sp³-hybridized carbons (Fsp3) is 0.467. The number of nitriles is 1. The quantitative estimate of drug-likeness (QED) is 0.224. The first-order chi connectivity index (χ1) is 21.5. The number of alkyl halides is 4. The lowest BCUT2D eigenvalue weighted by atomic mass is 9.96. The minimum atomic E-state index is -4.96. The summed E-state index contributed by atoms with van der Waals surface area (Å²) in [6.07, 6.45) is -3.99. The van der Waals surface area contributed by atoms with Gasteiger partial charge in [0.1, 0.15) is 34.7 Å². The highest BCUT2D eigenvalue weighted by molar-refractivity contribution is 7.23. The van der Waals surface area contributed by atoms with Gasteiger partial charge in [-0.25, -0.2) is 13.8 Å². The Bertz CT molecular complexity index is 1780. The first-order valence-electron chi connectivity index (χ1n) is 14.6. The maximum absolute atomic E-state index is 14.8. The molecule has 2 aliphatic heterocycles. The molecule has 0 saturated carbocycles. The summed E-state index contributed by atoms with van der Waals surface area (Å²) in [6, 6.07) is 5.00. The van der Waals surface area contributed by atoms with Gasteiger partial charge in [0.2, 0.25) is 5.88 Å². The molecule has 5 heterocycles.